The van der Waals surface area contributed by atoms with Crippen molar-refractivity contribution in [1.29, 1.82) is 0 Å². The largest absolute Gasteiger partial charge is 0.356 e. The van der Waals surface area contributed by atoms with Crippen molar-refractivity contribution in [2.75, 3.05) is 19.6 Å². The Morgan fingerprint density at radius 2 is 2.19 bits per heavy atom. The molecule has 0 bridgehead atoms. The molecule has 1 fully saturated rings. The molecule has 1 unspecified atom stereocenters. The lowest BCUT2D eigenvalue weighted by molar-refractivity contribution is -0.122. The van der Waals surface area contributed by atoms with Crippen molar-refractivity contribution >= 4 is 5.91 Å². The fraction of sp³-hybridized carbons (Fsp3) is 0.923. The summed E-state index contributed by atoms with van der Waals surface area (Å²) in [5.41, 5.74) is 0. The van der Waals surface area contributed by atoms with Gasteiger partial charge in [0.25, 0.3) is 0 Å². The number of hydrogen-bond acceptors (Lipinski definition) is 2. The molecule has 3 nitrogen and oxygen atoms in total. The summed E-state index contributed by atoms with van der Waals surface area (Å²) in [4.78, 5) is 11.7. The zero-order valence-corrected chi connectivity index (χ0v) is 10.7. The Kier molecular flexibility index (Phi) is 6.46. The molecule has 0 aromatic rings. The maximum Gasteiger partial charge on any atom is 0.220 e. The summed E-state index contributed by atoms with van der Waals surface area (Å²) in [6, 6.07) is 0. The van der Waals surface area contributed by atoms with Crippen molar-refractivity contribution in [3.05, 3.63) is 0 Å². The van der Waals surface area contributed by atoms with Crippen molar-refractivity contribution in [2.24, 2.45) is 11.8 Å². The fourth-order valence-corrected chi connectivity index (χ4v) is 2.27. The Balaban J connectivity index is 2.13. The van der Waals surface area contributed by atoms with Crippen LogP contribution in [0.15, 0.2) is 0 Å². The predicted octanol–water partition coefficient (Wildman–Crippen LogP) is 1.93. The van der Waals surface area contributed by atoms with Crippen LogP contribution in [0.2, 0.25) is 0 Å². The highest BCUT2D eigenvalue weighted by Crippen LogP contribution is 2.12. The highest BCUT2D eigenvalue weighted by Gasteiger charge is 2.15. The molecule has 0 radical (unpaired) electrons. The minimum Gasteiger partial charge on any atom is -0.356 e. The van der Waals surface area contributed by atoms with Gasteiger partial charge in [-0.05, 0) is 37.8 Å². The van der Waals surface area contributed by atoms with E-state index < -0.39 is 0 Å². The molecule has 1 aliphatic heterocycles. The van der Waals surface area contributed by atoms with Crippen molar-refractivity contribution in [3.8, 4) is 0 Å². The van der Waals surface area contributed by atoms with Gasteiger partial charge >= 0.3 is 0 Å². The summed E-state index contributed by atoms with van der Waals surface area (Å²) in [7, 11) is 0. The van der Waals surface area contributed by atoms with Gasteiger partial charge in [-0.25, -0.2) is 0 Å². The number of amides is 1. The molecule has 0 aromatic heterocycles. The number of rotatable bonds is 6. The zero-order chi connectivity index (χ0) is 11.8. The maximum atomic E-state index is 11.7. The maximum absolute atomic E-state index is 11.7. The molecule has 3 heteroatoms. The van der Waals surface area contributed by atoms with Crippen LogP contribution in [0.25, 0.3) is 0 Å². The number of nitrogens with one attached hydrogen (secondary N) is 2. The Morgan fingerprint density at radius 3 is 2.75 bits per heavy atom. The van der Waals surface area contributed by atoms with E-state index in [1.54, 1.807) is 0 Å². The smallest absolute Gasteiger partial charge is 0.220 e. The van der Waals surface area contributed by atoms with Crippen LogP contribution in [0, 0.1) is 11.8 Å². The van der Waals surface area contributed by atoms with E-state index in [4.69, 9.17) is 0 Å². The molecule has 2 N–H and O–H groups in total. The summed E-state index contributed by atoms with van der Waals surface area (Å²) < 4.78 is 0. The minimum atomic E-state index is 0.235. The molecule has 1 atom stereocenters. The standard InChI is InChI=1S/C13H26N2O/c1-3-11(4-2)8-13(16)15-10-12-6-5-7-14-9-12/h11-12,14H,3-10H2,1-2H3,(H,15,16). The van der Waals surface area contributed by atoms with Gasteiger partial charge in [-0.15, -0.1) is 0 Å². The van der Waals surface area contributed by atoms with Crippen LogP contribution in [0.3, 0.4) is 0 Å². The average molecular weight is 226 g/mol. The van der Waals surface area contributed by atoms with Crippen LogP contribution in [-0.2, 0) is 4.79 Å². The molecule has 94 valence electrons. The van der Waals surface area contributed by atoms with Crippen LogP contribution in [-0.4, -0.2) is 25.5 Å². The van der Waals surface area contributed by atoms with Crippen molar-refractivity contribution < 1.29 is 4.79 Å². The van der Waals surface area contributed by atoms with E-state index in [-0.39, 0.29) is 5.91 Å². The summed E-state index contributed by atoms with van der Waals surface area (Å²) in [6.07, 6.45) is 5.41. The monoisotopic (exact) mass is 226 g/mol. The van der Waals surface area contributed by atoms with E-state index in [9.17, 15) is 4.79 Å². The van der Waals surface area contributed by atoms with E-state index >= 15 is 0 Å². The van der Waals surface area contributed by atoms with Crippen LogP contribution < -0.4 is 10.6 Å². The van der Waals surface area contributed by atoms with Gasteiger partial charge in [0.15, 0.2) is 0 Å². The molecular weight excluding hydrogens is 200 g/mol. The Labute approximate surface area is 99.4 Å². The van der Waals surface area contributed by atoms with Crippen molar-refractivity contribution in [1.82, 2.24) is 10.6 Å². The lowest BCUT2D eigenvalue weighted by Crippen LogP contribution is -2.38. The zero-order valence-electron chi connectivity index (χ0n) is 10.7. The third kappa shape index (κ3) is 4.97. The summed E-state index contributed by atoms with van der Waals surface area (Å²) in [5, 5.41) is 6.44. The molecule has 0 spiro atoms. The van der Waals surface area contributed by atoms with Gasteiger partial charge < -0.3 is 10.6 Å². The lowest BCUT2D eigenvalue weighted by atomic mass is 9.98. The third-order valence-electron chi connectivity index (χ3n) is 3.62. The molecular formula is C13H26N2O. The van der Waals surface area contributed by atoms with Gasteiger partial charge in [0.05, 0.1) is 0 Å². The van der Waals surface area contributed by atoms with Crippen LogP contribution in [0.4, 0.5) is 0 Å². The van der Waals surface area contributed by atoms with Crippen LogP contribution in [0.5, 0.6) is 0 Å². The number of carbonyl (C=O) groups excluding carboxylic acids is 1. The molecule has 16 heavy (non-hydrogen) atoms. The first-order valence-electron chi connectivity index (χ1n) is 6.73. The molecule has 1 heterocycles. The quantitative estimate of drug-likeness (QED) is 0.726. The van der Waals surface area contributed by atoms with E-state index in [0.717, 1.165) is 32.5 Å². The molecule has 0 saturated carbocycles. The normalized spacial score (nSPS) is 21.1. The van der Waals surface area contributed by atoms with Crippen LogP contribution in [0.1, 0.15) is 46.0 Å². The van der Waals surface area contributed by atoms with E-state index in [1.165, 1.54) is 12.8 Å². The second kappa shape index (κ2) is 7.66. The number of carbonyl (C=O) groups is 1. The molecule has 1 aliphatic rings. The fourth-order valence-electron chi connectivity index (χ4n) is 2.27. The van der Waals surface area contributed by atoms with Gasteiger partial charge in [-0.1, -0.05) is 26.7 Å². The van der Waals surface area contributed by atoms with Gasteiger partial charge in [-0.3, -0.25) is 4.79 Å². The van der Waals surface area contributed by atoms with Crippen molar-refractivity contribution in [2.45, 2.75) is 46.0 Å². The molecule has 0 aromatic carbocycles. The summed E-state index contributed by atoms with van der Waals surface area (Å²) in [6.45, 7) is 7.37. The second-order valence-corrected chi connectivity index (χ2v) is 4.90. The first-order valence-corrected chi connectivity index (χ1v) is 6.73. The van der Waals surface area contributed by atoms with E-state index in [0.29, 0.717) is 18.3 Å². The van der Waals surface area contributed by atoms with Crippen LogP contribution >= 0.6 is 0 Å². The summed E-state index contributed by atoms with van der Waals surface area (Å²) >= 11 is 0. The Hall–Kier alpha value is -0.570. The topological polar surface area (TPSA) is 41.1 Å². The van der Waals surface area contributed by atoms with E-state index in [1.807, 2.05) is 0 Å². The van der Waals surface area contributed by atoms with Gasteiger partial charge in [0.1, 0.15) is 0 Å². The number of hydrogen-bond donors (Lipinski definition) is 2. The van der Waals surface area contributed by atoms with Gasteiger partial charge in [-0.2, -0.15) is 0 Å². The highest BCUT2D eigenvalue weighted by molar-refractivity contribution is 5.76. The molecule has 1 rings (SSSR count). The molecule has 1 amide bonds. The predicted molar refractivity (Wildman–Crippen MR) is 67.3 cm³/mol. The number of piperidine rings is 1. The van der Waals surface area contributed by atoms with Gasteiger partial charge in [0, 0.05) is 13.0 Å². The van der Waals surface area contributed by atoms with E-state index in [2.05, 4.69) is 24.5 Å². The van der Waals surface area contributed by atoms with Crippen molar-refractivity contribution in [3.63, 3.8) is 0 Å². The molecule has 1 saturated heterocycles. The SMILES string of the molecule is CCC(CC)CC(=O)NCC1CCCNC1. The Bertz CT molecular complexity index is 196. The highest BCUT2D eigenvalue weighted by atomic mass is 16.1. The molecule has 0 aliphatic carbocycles. The first kappa shape index (κ1) is 13.5. The third-order valence-corrected chi connectivity index (χ3v) is 3.62. The van der Waals surface area contributed by atoms with Gasteiger partial charge in [0.2, 0.25) is 5.91 Å². The minimum absolute atomic E-state index is 0.235. The second-order valence-electron chi connectivity index (χ2n) is 4.90. The first-order chi connectivity index (χ1) is 7.76. The Morgan fingerprint density at radius 1 is 1.44 bits per heavy atom. The average Bonchev–Trinajstić information content (AvgIpc) is 2.34. The lowest BCUT2D eigenvalue weighted by Gasteiger charge is -2.23. The summed E-state index contributed by atoms with van der Waals surface area (Å²) in [5.74, 6) is 1.43.